The van der Waals surface area contributed by atoms with Crippen molar-refractivity contribution < 1.29 is 19.1 Å². The van der Waals surface area contributed by atoms with E-state index in [1.165, 1.54) is 0 Å². The minimum atomic E-state index is -0.343. The molecule has 0 atom stereocenters. The smallest absolute Gasteiger partial charge is 0.338 e. The van der Waals surface area contributed by atoms with Crippen molar-refractivity contribution in [1.29, 1.82) is 0 Å². The fraction of sp³-hybridized carbons (Fsp3) is 0.385. The third kappa shape index (κ3) is 1.79. The monoisotopic (exact) mass is 234 g/mol. The number of benzene rings is 1. The maximum Gasteiger partial charge on any atom is 0.338 e. The molecule has 2 rings (SSSR count). The number of fused-ring (bicyclic) bond motifs is 1. The second kappa shape index (κ2) is 4.20. The molecule has 0 radical (unpaired) electrons. The molecule has 1 aromatic rings. The molecule has 0 bridgehead atoms. The van der Waals surface area contributed by atoms with E-state index in [0.29, 0.717) is 17.7 Å². The van der Waals surface area contributed by atoms with E-state index in [1.807, 2.05) is 6.92 Å². The molecule has 0 saturated heterocycles. The van der Waals surface area contributed by atoms with Gasteiger partial charge in [0.05, 0.1) is 17.7 Å². The number of carbonyl (C=O) groups is 2. The zero-order valence-electron chi connectivity index (χ0n) is 10.1. The van der Waals surface area contributed by atoms with E-state index >= 15 is 0 Å². The molecule has 0 fully saturated rings. The Balaban J connectivity index is 2.56. The third-order valence-corrected chi connectivity index (χ3v) is 2.96. The largest absolute Gasteiger partial charge is 0.462 e. The first-order valence-corrected chi connectivity index (χ1v) is 5.53. The average molecular weight is 234 g/mol. The van der Waals surface area contributed by atoms with E-state index in [0.717, 1.165) is 16.7 Å². The molecule has 0 unspecified atom stereocenters. The Labute approximate surface area is 99.5 Å². The molecule has 1 heterocycles. The van der Waals surface area contributed by atoms with Crippen LogP contribution in [0.15, 0.2) is 6.07 Å². The van der Waals surface area contributed by atoms with Crippen LogP contribution in [-0.4, -0.2) is 18.5 Å². The number of rotatable bonds is 2. The van der Waals surface area contributed by atoms with Crippen molar-refractivity contribution in [2.24, 2.45) is 0 Å². The summed E-state index contributed by atoms with van der Waals surface area (Å²) in [5.74, 6) is -0.661. The predicted octanol–water partition coefficient (Wildman–Crippen LogP) is 2.15. The summed E-state index contributed by atoms with van der Waals surface area (Å²) in [6, 6.07) is 1.70. The zero-order chi connectivity index (χ0) is 12.6. The number of carbonyl (C=O) groups excluding carboxylic acids is 2. The van der Waals surface area contributed by atoms with E-state index in [2.05, 4.69) is 0 Å². The topological polar surface area (TPSA) is 52.6 Å². The lowest BCUT2D eigenvalue weighted by Gasteiger charge is -2.11. The maximum atomic E-state index is 11.8. The van der Waals surface area contributed by atoms with Crippen LogP contribution < -0.4 is 0 Å². The summed E-state index contributed by atoms with van der Waals surface area (Å²) < 4.78 is 9.97. The molecule has 17 heavy (non-hydrogen) atoms. The van der Waals surface area contributed by atoms with E-state index < -0.39 is 0 Å². The van der Waals surface area contributed by atoms with Crippen molar-refractivity contribution in [2.45, 2.75) is 27.4 Å². The molecule has 0 saturated carbocycles. The number of hydrogen-bond acceptors (Lipinski definition) is 4. The molecule has 0 aromatic heterocycles. The summed E-state index contributed by atoms with van der Waals surface area (Å²) >= 11 is 0. The first kappa shape index (κ1) is 11.6. The Morgan fingerprint density at radius 3 is 2.82 bits per heavy atom. The van der Waals surface area contributed by atoms with Gasteiger partial charge in [-0.1, -0.05) is 0 Å². The van der Waals surface area contributed by atoms with Crippen molar-refractivity contribution in [3.05, 3.63) is 33.9 Å². The highest BCUT2D eigenvalue weighted by molar-refractivity contribution is 5.99. The number of cyclic esters (lactones) is 1. The summed E-state index contributed by atoms with van der Waals surface area (Å²) in [5.41, 5.74) is 3.43. The summed E-state index contributed by atoms with van der Waals surface area (Å²) in [6.07, 6.45) is 0. The van der Waals surface area contributed by atoms with Gasteiger partial charge < -0.3 is 9.47 Å². The minimum absolute atomic E-state index is 0.243. The van der Waals surface area contributed by atoms with Gasteiger partial charge in [0.25, 0.3) is 0 Å². The highest BCUT2D eigenvalue weighted by Crippen LogP contribution is 2.28. The molecular weight excluding hydrogens is 220 g/mol. The molecule has 0 N–H and O–H groups in total. The van der Waals surface area contributed by atoms with Crippen LogP contribution in [0.3, 0.4) is 0 Å². The fourth-order valence-corrected chi connectivity index (χ4v) is 2.13. The summed E-state index contributed by atoms with van der Waals surface area (Å²) in [7, 11) is 0. The second-order valence-electron chi connectivity index (χ2n) is 4.02. The standard InChI is InChI=1S/C13H14O4/c1-4-16-13(15)11-7(2)5-9-10(8(11)3)6-17-12(9)14/h5H,4,6H2,1-3H3. The van der Waals surface area contributed by atoms with Gasteiger partial charge in [-0.25, -0.2) is 9.59 Å². The first-order chi connectivity index (χ1) is 8.06. The number of hydrogen-bond donors (Lipinski definition) is 0. The van der Waals surface area contributed by atoms with Gasteiger partial charge in [0, 0.05) is 5.56 Å². The molecule has 4 heteroatoms. The molecule has 1 aliphatic heterocycles. The van der Waals surface area contributed by atoms with Gasteiger partial charge in [-0.2, -0.15) is 0 Å². The molecule has 0 amide bonds. The summed E-state index contributed by atoms with van der Waals surface area (Å²) in [4.78, 5) is 23.3. The normalized spacial score (nSPS) is 13.2. The van der Waals surface area contributed by atoms with Gasteiger partial charge >= 0.3 is 11.9 Å². The predicted molar refractivity (Wildman–Crippen MR) is 61.0 cm³/mol. The Bertz CT molecular complexity index is 503. The van der Waals surface area contributed by atoms with E-state index in [9.17, 15) is 9.59 Å². The lowest BCUT2D eigenvalue weighted by Crippen LogP contribution is -2.11. The number of esters is 2. The Morgan fingerprint density at radius 1 is 1.47 bits per heavy atom. The summed E-state index contributed by atoms with van der Waals surface area (Å²) in [6.45, 7) is 5.96. The van der Waals surface area contributed by atoms with Crippen LogP contribution in [0.4, 0.5) is 0 Å². The van der Waals surface area contributed by atoms with Gasteiger partial charge in [-0.15, -0.1) is 0 Å². The van der Waals surface area contributed by atoms with Gasteiger partial charge in [0.2, 0.25) is 0 Å². The molecule has 1 aliphatic rings. The third-order valence-electron chi connectivity index (χ3n) is 2.96. The SMILES string of the molecule is CCOC(=O)c1c(C)cc2c(c1C)COC2=O. The van der Waals surface area contributed by atoms with Crippen LogP contribution in [0.25, 0.3) is 0 Å². The highest BCUT2D eigenvalue weighted by atomic mass is 16.5. The molecule has 1 aromatic carbocycles. The second-order valence-corrected chi connectivity index (χ2v) is 4.02. The first-order valence-electron chi connectivity index (χ1n) is 5.53. The number of ether oxygens (including phenoxy) is 2. The Morgan fingerprint density at radius 2 is 2.18 bits per heavy atom. The molecule has 0 aliphatic carbocycles. The van der Waals surface area contributed by atoms with Crippen molar-refractivity contribution in [1.82, 2.24) is 0 Å². The van der Waals surface area contributed by atoms with Crippen LogP contribution in [0, 0.1) is 13.8 Å². The average Bonchev–Trinajstić information content (AvgIpc) is 2.61. The minimum Gasteiger partial charge on any atom is -0.462 e. The number of aryl methyl sites for hydroxylation is 1. The van der Waals surface area contributed by atoms with Crippen LogP contribution in [0.5, 0.6) is 0 Å². The lowest BCUT2D eigenvalue weighted by molar-refractivity contribution is 0.0521. The summed E-state index contributed by atoms with van der Waals surface area (Å²) in [5, 5.41) is 0. The van der Waals surface area contributed by atoms with Crippen LogP contribution in [-0.2, 0) is 16.1 Å². The van der Waals surface area contributed by atoms with Crippen molar-refractivity contribution in [3.63, 3.8) is 0 Å². The van der Waals surface area contributed by atoms with Crippen molar-refractivity contribution in [2.75, 3.05) is 6.61 Å². The van der Waals surface area contributed by atoms with Gasteiger partial charge in [-0.05, 0) is 38.0 Å². The quantitative estimate of drug-likeness (QED) is 0.736. The Hall–Kier alpha value is -1.84. The molecule has 0 spiro atoms. The zero-order valence-corrected chi connectivity index (χ0v) is 10.1. The van der Waals surface area contributed by atoms with E-state index in [4.69, 9.17) is 9.47 Å². The van der Waals surface area contributed by atoms with Crippen LogP contribution >= 0.6 is 0 Å². The van der Waals surface area contributed by atoms with Gasteiger partial charge in [0.1, 0.15) is 6.61 Å². The Kier molecular flexibility index (Phi) is 2.88. The van der Waals surface area contributed by atoms with Crippen LogP contribution in [0.1, 0.15) is 44.3 Å². The van der Waals surface area contributed by atoms with Crippen molar-refractivity contribution >= 4 is 11.9 Å². The molecule has 90 valence electrons. The molecule has 4 nitrogen and oxygen atoms in total. The van der Waals surface area contributed by atoms with Gasteiger partial charge in [0.15, 0.2) is 0 Å². The molecular formula is C13H14O4. The lowest BCUT2D eigenvalue weighted by atomic mass is 9.94. The van der Waals surface area contributed by atoms with E-state index in [1.54, 1.807) is 19.9 Å². The fourth-order valence-electron chi connectivity index (χ4n) is 2.13. The van der Waals surface area contributed by atoms with Crippen molar-refractivity contribution in [3.8, 4) is 0 Å². The maximum absolute atomic E-state index is 11.8. The van der Waals surface area contributed by atoms with E-state index in [-0.39, 0.29) is 18.5 Å². The highest BCUT2D eigenvalue weighted by Gasteiger charge is 2.27. The van der Waals surface area contributed by atoms with Crippen LogP contribution in [0.2, 0.25) is 0 Å². The van der Waals surface area contributed by atoms with Gasteiger partial charge in [-0.3, -0.25) is 0 Å².